The SMILES string of the molecule is CC(O)(c1ccccn1)[C@H](CO)NC(=O)c1cccc(Cl)c1-c1cc(-c2ccc(F)cc2)n[nH]1. The predicted molar refractivity (Wildman–Crippen MR) is 127 cm³/mol. The summed E-state index contributed by atoms with van der Waals surface area (Å²) < 4.78 is 13.3. The zero-order chi connectivity index (χ0) is 24.3. The number of aliphatic hydroxyl groups is 2. The van der Waals surface area contributed by atoms with Crippen LogP contribution in [0.4, 0.5) is 4.39 Å². The minimum atomic E-state index is -1.63. The zero-order valence-electron chi connectivity index (χ0n) is 18.2. The second-order valence-corrected chi connectivity index (χ2v) is 8.31. The number of amides is 1. The van der Waals surface area contributed by atoms with Crippen LogP contribution in [0, 0.1) is 5.82 Å². The lowest BCUT2D eigenvalue weighted by Crippen LogP contribution is -2.51. The second kappa shape index (κ2) is 9.72. The molecular weight excluding hydrogens is 459 g/mol. The van der Waals surface area contributed by atoms with E-state index in [2.05, 4.69) is 20.5 Å². The first-order valence-electron chi connectivity index (χ1n) is 10.5. The molecule has 0 radical (unpaired) electrons. The average Bonchev–Trinajstić information content (AvgIpc) is 3.32. The van der Waals surface area contributed by atoms with Gasteiger partial charge >= 0.3 is 0 Å². The Morgan fingerprint density at radius 2 is 1.94 bits per heavy atom. The van der Waals surface area contributed by atoms with Crippen molar-refractivity contribution >= 4 is 17.5 Å². The Balaban J connectivity index is 1.65. The summed E-state index contributed by atoms with van der Waals surface area (Å²) in [5.41, 5.74) is 1.01. The Hall–Kier alpha value is -3.59. The molecule has 1 unspecified atom stereocenters. The minimum Gasteiger partial charge on any atom is -0.394 e. The Bertz CT molecular complexity index is 1290. The highest BCUT2D eigenvalue weighted by atomic mass is 35.5. The number of hydrogen-bond acceptors (Lipinski definition) is 5. The molecule has 0 aliphatic rings. The number of benzene rings is 2. The summed E-state index contributed by atoms with van der Waals surface area (Å²) in [6.45, 7) is 0.948. The third-order valence-corrected chi connectivity index (χ3v) is 5.91. The van der Waals surface area contributed by atoms with Gasteiger partial charge < -0.3 is 15.5 Å². The summed E-state index contributed by atoms with van der Waals surface area (Å²) in [4.78, 5) is 17.4. The maximum Gasteiger partial charge on any atom is 0.252 e. The predicted octanol–water partition coefficient (Wildman–Crippen LogP) is 3.93. The van der Waals surface area contributed by atoms with Crippen LogP contribution in [0.15, 0.2) is 72.9 Å². The highest BCUT2D eigenvalue weighted by molar-refractivity contribution is 6.34. The number of carbonyl (C=O) groups is 1. The Morgan fingerprint density at radius 1 is 1.18 bits per heavy atom. The van der Waals surface area contributed by atoms with E-state index < -0.39 is 24.2 Å². The van der Waals surface area contributed by atoms with Crippen LogP contribution in [0.2, 0.25) is 5.02 Å². The van der Waals surface area contributed by atoms with E-state index in [-0.39, 0.29) is 11.4 Å². The van der Waals surface area contributed by atoms with Gasteiger partial charge in [0.05, 0.1) is 40.3 Å². The quantitative estimate of drug-likeness (QED) is 0.320. The van der Waals surface area contributed by atoms with Crippen LogP contribution in [0.3, 0.4) is 0 Å². The van der Waals surface area contributed by atoms with Crippen molar-refractivity contribution in [3.8, 4) is 22.5 Å². The van der Waals surface area contributed by atoms with Gasteiger partial charge in [-0.1, -0.05) is 23.7 Å². The summed E-state index contributed by atoms with van der Waals surface area (Å²) in [6, 6.07) is 16.4. The number of nitrogens with one attached hydrogen (secondary N) is 2. The number of aromatic nitrogens is 3. The third kappa shape index (κ3) is 4.70. The fourth-order valence-corrected chi connectivity index (χ4v) is 3.92. The summed E-state index contributed by atoms with van der Waals surface area (Å²) >= 11 is 6.45. The molecule has 1 amide bonds. The van der Waals surface area contributed by atoms with E-state index in [1.165, 1.54) is 25.3 Å². The molecule has 0 aliphatic heterocycles. The van der Waals surface area contributed by atoms with Gasteiger partial charge in [-0.15, -0.1) is 0 Å². The molecule has 2 heterocycles. The third-order valence-electron chi connectivity index (χ3n) is 5.60. The van der Waals surface area contributed by atoms with Gasteiger partial charge in [-0.25, -0.2) is 4.39 Å². The largest absolute Gasteiger partial charge is 0.394 e. The maximum atomic E-state index is 13.3. The van der Waals surface area contributed by atoms with Crippen LogP contribution in [-0.4, -0.2) is 44.0 Å². The molecule has 4 N–H and O–H groups in total. The number of rotatable bonds is 7. The van der Waals surface area contributed by atoms with Crippen LogP contribution in [0.5, 0.6) is 0 Å². The van der Waals surface area contributed by atoms with E-state index >= 15 is 0 Å². The molecule has 2 atom stereocenters. The van der Waals surface area contributed by atoms with E-state index in [1.807, 2.05) is 0 Å². The van der Waals surface area contributed by atoms with Gasteiger partial charge in [0.25, 0.3) is 5.91 Å². The highest BCUT2D eigenvalue weighted by Gasteiger charge is 2.36. The van der Waals surface area contributed by atoms with E-state index in [0.717, 1.165) is 0 Å². The van der Waals surface area contributed by atoms with Gasteiger partial charge in [0.15, 0.2) is 0 Å². The minimum absolute atomic E-state index is 0.220. The molecule has 4 rings (SSSR count). The van der Waals surface area contributed by atoms with Crippen LogP contribution in [0.1, 0.15) is 23.0 Å². The first kappa shape index (κ1) is 23.6. The van der Waals surface area contributed by atoms with Crippen molar-refractivity contribution in [2.75, 3.05) is 6.61 Å². The molecule has 174 valence electrons. The highest BCUT2D eigenvalue weighted by Crippen LogP contribution is 2.33. The number of aromatic amines is 1. The number of carbonyl (C=O) groups excluding carboxylic acids is 1. The van der Waals surface area contributed by atoms with Crippen molar-refractivity contribution in [1.82, 2.24) is 20.5 Å². The number of aliphatic hydroxyl groups excluding tert-OH is 1. The van der Waals surface area contributed by atoms with E-state index in [1.54, 1.807) is 54.6 Å². The molecule has 9 heteroatoms. The number of H-pyrrole nitrogens is 1. The van der Waals surface area contributed by atoms with Crippen LogP contribution >= 0.6 is 11.6 Å². The molecular formula is C25H22ClFN4O3. The molecule has 7 nitrogen and oxygen atoms in total. The van der Waals surface area contributed by atoms with Crippen molar-refractivity contribution in [2.45, 2.75) is 18.6 Å². The van der Waals surface area contributed by atoms with Crippen molar-refractivity contribution in [2.24, 2.45) is 0 Å². The van der Waals surface area contributed by atoms with Crippen LogP contribution < -0.4 is 5.32 Å². The van der Waals surface area contributed by atoms with Crippen LogP contribution in [0.25, 0.3) is 22.5 Å². The van der Waals surface area contributed by atoms with Gasteiger partial charge in [0, 0.05) is 17.3 Å². The number of nitrogens with zero attached hydrogens (tertiary/aromatic N) is 2. The summed E-state index contributed by atoms with van der Waals surface area (Å²) in [5, 5.41) is 31.1. The molecule has 4 aromatic rings. The number of halogens is 2. The Morgan fingerprint density at radius 3 is 2.62 bits per heavy atom. The van der Waals surface area contributed by atoms with Crippen LogP contribution in [-0.2, 0) is 5.60 Å². The Kier molecular flexibility index (Phi) is 6.74. The average molecular weight is 481 g/mol. The molecule has 0 saturated heterocycles. The summed E-state index contributed by atoms with van der Waals surface area (Å²) in [5.74, 6) is -0.907. The summed E-state index contributed by atoms with van der Waals surface area (Å²) in [6.07, 6.45) is 1.52. The zero-order valence-corrected chi connectivity index (χ0v) is 18.9. The van der Waals surface area contributed by atoms with Gasteiger partial charge in [-0.05, 0) is 61.5 Å². The standard InChI is InChI=1S/C25H22ClFN4O3/c1-25(34,21-7-2-3-12-28-21)22(14-32)29-24(33)17-5-4-6-18(26)23(17)20-13-19(30-31-20)15-8-10-16(27)11-9-15/h2-13,22,32,34H,14H2,1H3,(H,29,33)(H,30,31)/t22-,25?/m0/s1. The maximum absolute atomic E-state index is 13.3. The Labute approximate surface area is 200 Å². The van der Waals surface area contributed by atoms with Crippen molar-refractivity contribution in [3.63, 3.8) is 0 Å². The lowest BCUT2D eigenvalue weighted by molar-refractivity contribution is -0.00809. The lowest BCUT2D eigenvalue weighted by Gasteiger charge is -2.32. The fourth-order valence-electron chi connectivity index (χ4n) is 3.65. The van der Waals surface area contributed by atoms with E-state index in [0.29, 0.717) is 33.2 Å². The molecule has 0 spiro atoms. The molecule has 2 aromatic carbocycles. The van der Waals surface area contributed by atoms with Crippen molar-refractivity contribution in [3.05, 3.63) is 95.0 Å². The van der Waals surface area contributed by atoms with E-state index in [4.69, 9.17) is 11.6 Å². The number of hydrogen-bond donors (Lipinski definition) is 4. The first-order valence-corrected chi connectivity index (χ1v) is 10.8. The van der Waals surface area contributed by atoms with E-state index in [9.17, 15) is 19.4 Å². The van der Waals surface area contributed by atoms with Crippen molar-refractivity contribution < 1.29 is 19.4 Å². The van der Waals surface area contributed by atoms with Crippen molar-refractivity contribution in [1.29, 1.82) is 0 Å². The molecule has 0 aliphatic carbocycles. The van der Waals surface area contributed by atoms with Gasteiger partial charge in [0.1, 0.15) is 11.4 Å². The lowest BCUT2D eigenvalue weighted by atomic mass is 9.92. The monoisotopic (exact) mass is 480 g/mol. The first-order chi connectivity index (χ1) is 16.3. The molecule has 0 saturated carbocycles. The smallest absolute Gasteiger partial charge is 0.252 e. The fraction of sp³-hybridized carbons (Fsp3) is 0.160. The molecule has 34 heavy (non-hydrogen) atoms. The number of pyridine rings is 1. The topological polar surface area (TPSA) is 111 Å². The summed E-state index contributed by atoms with van der Waals surface area (Å²) in [7, 11) is 0. The van der Waals surface area contributed by atoms with Gasteiger partial charge in [-0.2, -0.15) is 5.10 Å². The normalized spacial score (nSPS) is 13.8. The van der Waals surface area contributed by atoms with Gasteiger partial charge in [-0.3, -0.25) is 14.9 Å². The molecule has 0 bridgehead atoms. The molecule has 2 aromatic heterocycles. The second-order valence-electron chi connectivity index (χ2n) is 7.91. The molecule has 0 fully saturated rings. The van der Waals surface area contributed by atoms with Gasteiger partial charge in [0.2, 0.25) is 0 Å².